The number of anilines is 1. The number of aromatic nitrogens is 3. The van der Waals surface area contributed by atoms with Crippen molar-refractivity contribution >= 4 is 15.7 Å². The van der Waals surface area contributed by atoms with Gasteiger partial charge in [0.1, 0.15) is 6.33 Å². The Kier molecular flexibility index (Phi) is 3.24. The number of rotatable bonds is 3. The second-order valence-electron chi connectivity index (χ2n) is 4.02. The van der Waals surface area contributed by atoms with Crippen LogP contribution in [0.15, 0.2) is 30.6 Å². The van der Waals surface area contributed by atoms with Gasteiger partial charge in [-0.1, -0.05) is 18.2 Å². The third-order valence-corrected chi connectivity index (χ3v) is 3.10. The van der Waals surface area contributed by atoms with Gasteiger partial charge in [-0.15, -0.1) is 0 Å². The van der Waals surface area contributed by atoms with Crippen LogP contribution in [0.4, 0.5) is 5.95 Å². The summed E-state index contributed by atoms with van der Waals surface area (Å²) in [5.74, 6) is 0.837. The third-order valence-electron chi connectivity index (χ3n) is 2.22. The van der Waals surface area contributed by atoms with Crippen molar-refractivity contribution < 1.29 is 4.21 Å². The first-order chi connectivity index (χ1) is 8.44. The summed E-state index contributed by atoms with van der Waals surface area (Å²) in [6.07, 6.45) is 2.76. The summed E-state index contributed by atoms with van der Waals surface area (Å²) in [5, 5.41) is 0. The number of benzene rings is 1. The van der Waals surface area contributed by atoms with Gasteiger partial charge in [0.2, 0.25) is 5.95 Å². The monoisotopic (exact) mass is 263 g/mol. The first kappa shape index (κ1) is 12.4. The Morgan fingerprint density at radius 2 is 2.17 bits per heavy atom. The molecule has 18 heavy (non-hydrogen) atoms. The van der Waals surface area contributed by atoms with E-state index in [0.717, 1.165) is 11.1 Å². The summed E-state index contributed by atoms with van der Waals surface area (Å²) in [7, 11) is -2.56. The summed E-state index contributed by atoms with van der Waals surface area (Å²) in [5.41, 5.74) is 7.08. The molecule has 1 unspecified atom stereocenters. The fourth-order valence-corrected chi connectivity index (χ4v) is 2.38. The van der Waals surface area contributed by atoms with E-state index in [4.69, 9.17) is 10.5 Å². The molecule has 0 fully saturated rings. The maximum Gasteiger partial charge on any atom is 0.223 e. The molecule has 6 nitrogen and oxygen atoms in total. The highest BCUT2D eigenvalue weighted by molar-refractivity contribution is 7.90. The second kappa shape index (κ2) is 4.69. The minimum Gasteiger partial charge on any atom is -0.368 e. The van der Waals surface area contributed by atoms with Crippen LogP contribution in [-0.2, 0) is 15.5 Å². The molecule has 2 rings (SSSR count). The number of hydrogen-bond donors (Lipinski definition) is 2. The summed E-state index contributed by atoms with van der Waals surface area (Å²) in [6, 6.07) is 7.29. The van der Waals surface area contributed by atoms with Crippen molar-refractivity contribution in [1.29, 1.82) is 4.78 Å². The minimum atomic E-state index is -2.56. The predicted molar refractivity (Wildman–Crippen MR) is 70.2 cm³/mol. The van der Waals surface area contributed by atoms with Crippen molar-refractivity contribution in [1.82, 2.24) is 15.0 Å². The Bertz CT molecular complexity index is 669. The van der Waals surface area contributed by atoms with E-state index in [1.54, 1.807) is 0 Å². The fraction of sp³-hybridized carbons (Fsp3) is 0.182. The van der Waals surface area contributed by atoms with Crippen LogP contribution >= 0.6 is 0 Å². The molecule has 0 amide bonds. The number of nitrogens with two attached hydrogens (primary N) is 1. The summed E-state index contributed by atoms with van der Waals surface area (Å²) in [6.45, 7) is 0. The molecular weight excluding hydrogens is 250 g/mol. The van der Waals surface area contributed by atoms with Gasteiger partial charge in [-0.2, -0.15) is 4.98 Å². The Labute approximate surface area is 105 Å². The lowest BCUT2D eigenvalue weighted by Crippen LogP contribution is -2.00. The largest absolute Gasteiger partial charge is 0.368 e. The van der Waals surface area contributed by atoms with Gasteiger partial charge in [0, 0.05) is 21.5 Å². The smallest absolute Gasteiger partial charge is 0.223 e. The van der Waals surface area contributed by atoms with Gasteiger partial charge in [-0.25, -0.2) is 14.2 Å². The van der Waals surface area contributed by atoms with Gasteiger partial charge in [0.15, 0.2) is 5.82 Å². The lowest BCUT2D eigenvalue weighted by Gasteiger charge is -2.04. The maximum absolute atomic E-state index is 11.5. The molecule has 1 atom stereocenters. The van der Waals surface area contributed by atoms with Crippen LogP contribution in [-0.4, -0.2) is 25.4 Å². The van der Waals surface area contributed by atoms with Gasteiger partial charge in [-0.3, -0.25) is 4.78 Å². The first-order valence-electron chi connectivity index (χ1n) is 5.19. The Balaban J connectivity index is 2.38. The molecule has 0 aliphatic carbocycles. The van der Waals surface area contributed by atoms with Crippen LogP contribution in [0.3, 0.4) is 0 Å². The molecule has 7 heteroatoms. The van der Waals surface area contributed by atoms with E-state index in [9.17, 15) is 4.21 Å². The lowest BCUT2D eigenvalue weighted by molar-refractivity contribution is 0.678. The number of hydrogen-bond acceptors (Lipinski definition) is 6. The topological polar surface area (TPSA) is 106 Å². The van der Waals surface area contributed by atoms with Crippen molar-refractivity contribution in [3.8, 4) is 11.4 Å². The predicted octanol–water partition coefficient (Wildman–Crippen LogP) is 1.30. The molecule has 1 aromatic carbocycles. The molecule has 3 N–H and O–H groups in total. The standard InChI is InChI=1S/C11H13N5OS/c1-18(13,17)6-8-3-2-4-9(5-8)10-14-7-15-11(12)16-10/h2-5,7,13H,6H2,1H3,(H2,12,14,15,16). The molecule has 0 aliphatic heterocycles. The normalized spacial score (nSPS) is 14.1. The van der Waals surface area contributed by atoms with E-state index in [2.05, 4.69) is 15.0 Å². The molecule has 0 aliphatic rings. The van der Waals surface area contributed by atoms with Gasteiger partial charge >= 0.3 is 0 Å². The van der Waals surface area contributed by atoms with Crippen molar-refractivity contribution in [2.24, 2.45) is 0 Å². The Morgan fingerprint density at radius 1 is 1.39 bits per heavy atom. The lowest BCUT2D eigenvalue weighted by atomic mass is 10.1. The molecule has 2 aromatic rings. The quantitative estimate of drug-likeness (QED) is 0.868. The van der Waals surface area contributed by atoms with Crippen LogP contribution in [0.2, 0.25) is 0 Å². The molecule has 94 valence electrons. The molecule has 0 saturated carbocycles. The third kappa shape index (κ3) is 3.24. The minimum absolute atomic E-state index is 0.158. The van der Waals surface area contributed by atoms with Crippen molar-refractivity contribution in [2.75, 3.05) is 12.0 Å². The number of nitrogen functional groups attached to an aromatic ring is 1. The average molecular weight is 263 g/mol. The zero-order chi connectivity index (χ0) is 13.2. The molecule has 0 bridgehead atoms. The molecular formula is C11H13N5OS. The summed E-state index contributed by atoms with van der Waals surface area (Å²) >= 11 is 0. The highest BCUT2D eigenvalue weighted by Gasteiger charge is 2.05. The Hall–Kier alpha value is -2.02. The Morgan fingerprint density at radius 3 is 2.83 bits per heavy atom. The van der Waals surface area contributed by atoms with Crippen LogP contribution in [0.5, 0.6) is 0 Å². The first-order valence-corrected chi connectivity index (χ1v) is 7.33. The highest BCUT2D eigenvalue weighted by atomic mass is 32.2. The summed E-state index contributed by atoms with van der Waals surface area (Å²) < 4.78 is 18.9. The van der Waals surface area contributed by atoms with Gasteiger partial charge in [0.05, 0.1) is 5.75 Å². The van der Waals surface area contributed by atoms with Crippen LogP contribution in [0.25, 0.3) is 11.4 Å². The summed E-state index contributed by atoms with van der Waals surface area (Å²) in [4.78, 5) is 11.8. The van der Waals surface area contributed by atoms with Gasteiger partial charge < -0.3 is 5.73 Å². The van der Waals surface area contributed by atoms with Crippen molar-refractivity contribution in [2.45, 2.75) is 5.75 Å². The molecule has 1 heterocycles. The van der Waals surface area contributed by atoms with Crippen LogP contribution in [0, 0.1) is 4.78 Å². The van der Waals surface area contributed by atoms with E-state index in [1.807, 2.05) is 24.3 Å². The van der Waals surface area contributed by atoms with E-state index >= 15 is 0 Å². The zero-order valence-corrected chi connectivity index (χ0v) is 10.6. The van der Waals surface area contributed by atoms with Crippen molar-refractivity contribution in [3.63, 3.8) is 0 Å². The molecule has 0 saturated heterocycles. The maximum atomic E-state index is 11.5. The molecule has 0 radical (unpaired) electrons. The molecule has 1 aromatic heterocycles. The van der Waals surface area contributed by atoms with Gasteiger partial charge in [0.25, 0.3) is 0 Å². The number of nitrogens with one attached hydrogen (secondary N) is 1. The van der Waals surface area contributed by atoms with E-state index in [1.165, 1.54) is 12.6 Å². The van der Waals surface area contributed by atoms with Gasteiger partial charge in [-0.05, 0) is 11.6 Å². The highest BCUT2D eigenvalue weighted by Crippen LogP contribution is 2.17. The molecule has 0 spiro atoms. The SMILES string of the molecule is CS(=N)(=O)Cc1cccc(-c2ncnc(N)n2)c1. The number of nitrogens with zero attached hydrogens (tertiary/aromatic N) is 3. The average Bonchev–Trinajstić information content (AvgIpc) is 2.27. The van der Waals surface area contributed by atoms with E-state index < -0.39 is 9.73 Å². The second-order valence-corrected chi connectivity index (χ2v) is 6.32. The van der Waals surface area contributed by atoms with E-state index in [0.29, 0.717) is 5.82 Å². The fourth-order valence-electron chi connectivity index (χ4n) is 1.57. The van der Waals surface area contributed by atoms with Crippen LogP contribution < -0.4 is 5.73 Å². The van der Waals surface area contributed by atoms with Crippen LogP contribution in [0.1, 0.15) is 5.56 Å². The van der Waals surface area contributed by atoms with Crippen molar-refractivity contribution in [3.05, 3.63) is 36.2 Å². The zero-order valence-electron chi connectivity index (χ0n) is 9.83. The van der Waals surface area contributed by atoms with E-state index in [-0.39, 0.29) is 11.7 Å².